The average molecular weight is 322 g/mol. The summed E-state index contributed by atoms with van der Waals surface area (Å²) in [6.07, 6.45) is -2.28. The Kier molecular flexibility index (Phi) is 41.0. The van der Waals surface area contributed by atoms with Crippen LogP contribution >= 0.6 is 0 Å². The number of aliphatic hydroxyl groups is 1. The van der Waals surface area contributed by atoms with Crippen molar-refractivity contribution >= 4 is 17.9 Å². The van der Waals surface area contributed by atoms with Gasteiger partial charge in [-0.2, -0.15) is 0 Å². The summed E-state index contributed by atoms with van der Waals surface area (Å²) in [5.41, 5.74) is 0. The predicted molar refractivity (Wildman–Crippen MR) is 35.9 cm³/mol. The molecule has 1 unspecified atom stereocenters. The molecule has 0 rings (SSSR count). The minimum atomic E-state index is -1.44. The zero-order valence-corrected chi connectivity index (χ0v) is 19.8. The summed E-state index contributed by atoms with van der Waals surface area (Å²) in [6.45, 7) is 1.13. The maximum Gasteiger partial charge on any atom is 1.00 e. The van der Waals surface area contributed by atoms with Gasteiger partial charge in [-0.1, -0.05) is 0 Å². The molecule has 0 heterocycles. The molecule has 0 saturated heterocycles. The third-order valence-electron chi connectivity index (χ3n) is 0.874. The Hall–Kier alpha value is 3.28. The minimum Gasteiger partial charge on any atom is -0.550 e. The number of hydrogen-bond acceptors (Lipinski definition) is 7. The van der Waals surface area contributed by atoms with Gasteiger partial charge in [-0.05, 0) is 19.8 Å². The van der Waals surface area contributed by atoms with Gasteiger partial charge in [0.2, 0.25) is 0 Å². The van der Waals surface area contributed by atoms with E-state index in [1.165, 1.54) is 0 Å². The van der Waals surface area contributed by atoms with E-state index >= 15 is 0 Å². The van der Waals surface area contributed by atoms with Crippen molar-refractivity contribution in [2.75, 3.05) is 0 Å². The molecule has 0 aliphatic heterocycles. The van der Waals surface area contributed by atoms with Crippen molar-refractivity contribution in [3.8, 4) is 0 Å². The first-order valence-electron chi connectivity index (χ1n) is 3.56. The first-order valence-corrected chi connectivity index (χ1v) is 3.56. The minimum absolute atomic E-state index is 0. The number of carboxylic acids is 3. The maximum atomic E-state index is 9.50. The molecule has 0 radical (unpaired) electrons. The van der Waals surface area contributed by atoms with E-state index < -0.39 is 36.9 Å². The van der Waals surface area contributed by atoms with Crippen molar-refractivity contribution in [3.05, 3.63) is 0 Å². The number of aliphatic carboxylic acids is 3. The van der Waals surface area contributed by atoms with E-state index in [0.29, 0.717) is 0 Å². The van der Waals surface area contributed by atoms with Gasteiger partial charge in [0.1, 0.15) is 0 Å². The summed E-state index contributed by atoms with van der Waals surface area (Å²) in [5.74, 6) is -4.17. The van der Waals surface area contributed by atoms with Gasteiger partial charge >= 0.3 is 154 Å². The van der Waals surface area contributed by atoms with Crippen LogP contribution in [0.2, 0.25) is 0 Å². The molecule has 0 aromatic heterocycles. The van der Waals surface area contributed by atoms with Crippen molar-refractivity contribution < 1.29 is 189 Å². The normalized spacial score (nSPS) is 8.82. The van der Waals surface area contributed by atoms with Crippen LogP contribution in [0.4, 0.5) is 0 Å². The van der Waals surface area contributed by atoms with Crippen LogP contribution in [0.1, 0.15) is 19.8 Å². The molecule has 7 nitrogen and oxygen atoms in total. The van der Waals surface area contributed by atoms with E-state index in [2.05, 4.69) is 0 Å². The molecule has 0 spiro atoms. The van der Waals surface area contributed by atoms with E-state index in [-0.39, 0.29) is 154 Å². The summed E-state index contributed by atoms with van der Waals surface area (Å²) < 4.78 is 0. The zero-order valence-electron chi connectivity index (χ0n) is 10.4. The Balaban J connectivity index is -0.0000000493. The van der Waals surface area contributed by atoms with Gasteiger partial charge in [0.15, 0.2) is 0 Å². The molecular weight excluding hydrogens is 313 g/mol. The van der Waals surface area contributed by atoms with Crippen molar-refractivity contribution in [2.24, 2.45) is 0 Å². The number of carbonyl (C=O) groups is 3. The molecule has 1 atom stereocenters. The van der Waals surface area contributed by atoms with Gasteiger partial charge in [0, 0.05) is 11.9 Å². The first kappa shape index (κ1) is 32.3. The van der Waals surface area contributed by atoms with Crippen LogP contribution in [0.15, 0.2) is 0 Å². The quantitative estimate of drug-likeness (QED) is 0.507. The number of hydrogen-bond donors (Lipinski definition) is 1. The summed E-state index contributed by atoms with van der Waals surface area (Å²) >= 11 is 0. The molecule has 17 heavy (non-hydrogen) atoms. The Morgan fingerprint density at radius 3 is 1.18 bits per heavy atom. The summed E-state index contributed by atoms with van der Waals surface area (Å²) in [5, 5.41) is 36.3. The molecule has 0 bridgehead atoms. The Morgan fingerprint density at radius 2 is 1.12 bits per heavy atom. The zero-order chi connectivity index (χ0) is 11.7. The summed E-state index contributed by atoms with van der Waals surface area (Å²) in [6, 6.07) is 0. The second-order valence-electron chi connectivity index (χ2n) is 2.24. The van der Waals surface area contributed by atoms with Crippen molar-refractivity contribution in [2.45, 2.75) is 25.9 Å². The topological polar surface area (TPSA) is 141 Å². The van der Waals surface area contributed by atoms with Crippen LogP contribution in [0.5, 0.6) is 0 Å². The standard InChI is InChI=1S/C4H6O4.C3H6O3.3K/c5-3(6)1-2-4(7)8;1-2(4)3(5)6;;;/h1-2H2,(H,5,6)(H,7,8);2,4H,1H3,(H,5,6);;;/q;;3*+1/p-3. The molecule has 0 amide bonds. The van der Waals surface area contributed by atoms with Gasteiger partial charge < -0.3 is 34.8 Å². The number of carbonyl (C=O) groups excluding carboxylic acids is 3. The van der Waals surface area contributed by atoms with Gasteiger partial charge in [-0.3, -0.25) is 0 Å². The smallest absolute Gasteiger partial charge is 0.550 e. The fraction of sp³-hybridized carbons (Fsp3) is 0.571. The number of aliphatic hydroxyl groups excluding tert-OH is 1. The molecule has 0 aliphatic rings. The fourth-order valence-corrected chi connectivity index (χ4v) is 0.204. The Bertz CT molecular complexity index is 206. The van der Waals surface area contributed by atoms with E-state index in [1.807, 2.05) is 0 Å². The Labute approximate surface area is 226 Å². The van der Waals surface area contributed by atoms with Crippen LogP contribution in [0.3, 0.4) is 0 Å². The number of carboxylic acid groups (broad SMARTS) is 3. The van der Waals surface area contributed by atoms with E-state index in [0.717, 1.165) is 6.92 Å². The first-order chi connectivity index (χ1) is 6.27. The molecule has 0 aromatic rings. The van der Waals surface area contributed by atoms with Gasteiger partial charge in [-0.25, -0.2) is 0 Å². The SMILES string of the molecule is CC(O)C(=O)[O-].O=C([O-])CCC(=O)[O-].[K+].[K+].[K+]. The van der Waals surface area contributed by atoms with E-state index in [9.17, 15) is 29.7 Å². The van der Waals surface area contributed by atoms with Crippen molar-refractivity contribution in [3.63, 3.8) is 0 Å². The number of rotatable bonds is 4. The van der Waals surface area contributed by atoms with Crippen LogP contribution < -0.4 is 169 Å². The van der Waals surface area contributed by atoms with Gasteiger partial charge in [0.05, 0.1) is 12.1 Å². The van der Waals surface area contributed by atoms with Crippen molar-refractivity contribution in [1.82, 2.24) is 0 Å². The molecule has 0 aromatic carbocycles. The molecule has 0 fully saturated rings. The average Bonchev–Trinajstić information content (AvgIpc) is 2.01. The summed E-state index contributed by atoms with van der Waals surface area (Å²) in [4.78, 5) is 28.3. The van der Waals surface area contributed by atoms with Crippen LogP contribution in [-0.4, -0.2) is 29.1 Å². The fourth-order valence-electron chi connectivity index (χ4n) is 0.204. The third-order valence-corrected chi connectivity index (χ3v) is 0.874. The third kappa shape index (κ3) is 38.2. The van der Waals surface area contributed by atoms with E-state index in [1.54, 1.807) is 0 Å². The second kappa shape index (κ2) is 21.6. The molecule has 0 aliphatic carbocycles. The van der Waals surface area contributed by atoms with Gasteiger partial charge in [-0.15, -0.1) is 0 Å². The molecule has 10 heteroatoms. The maximum absolute atomic E-state index is 9.50. The van der Waals surface area contributed by atoms with Crippen LogP contribution in [0, 0.1) is 0 Å². The molecule has 0 saturated carbocycles. The van der Waals surface area contributed by atoms with E-state index in [4.69, 9.17) is 5.11 Å². The largest absolute Gasteiger partial charge is 1.00 e. The van der Waals surface area contributed by atoms with Crippen LogP contribution in [0.25, 0.3) is 0 Å². The van der Waals surface area contributed by atoms with Gasteiger partial charge in [0.25, 0.3) is 0 Å². The molecule has 1 N–H and O–H groups in total. The second-order valence-corrected chi connectivity index (χ2v) is 2.24. The monoisotopic (exact) mass is 322 g/mol. The molecular formula is C7H9K3O7. The Morgan fingerprint density at radius 1 is 0.941 bits per heavy atom. The summed E-state index contributed by atoms with van der Waals surface area (Å²) in [7, 11) is 0. The predicted octanol–water partition coefficient (Wildman–Crippen LogP) is -13.6. The van der Waals surface area contributed by atoms with Crippen molar-refractivity contribution in [1.29, 1.82) is 0 Å². The van der Waals surface area contributed by atoms with Crippen LogP contribution in [-0.2, 0) is 14.4 Å². The molecule has 82 valence electrons.